The fourth-order valence-electron chi connectivity index (χ4n) is 1.52. The molecular weight excluding hydrogens is 270 g/mol. The molecule has 0 aliphatic heterocycles. The van der Waals surface area contributed by atoms with Crippen LogP contribution in [0.5, 0.6) is 0 Å². The van der Waals surface area contributed by atoms with Crippen molar-refractivity contribution in [1.82, 2.24) is 10.3 Å². The second-order valence-electron chi connectivity index (χ2n) is 3.77. The highest BCUT2D eigenvalue weighted by Crippen LogP contribution is 2.26. The van der Waals surface area contributed by atoms with E-state index in [0.717, 1.165) is 4.88 Å². The summed E-state index contributed by atoms with van der Waals surface area (Å²) >= 11 is 7.30. The van der Waals surface area contributed by atoms with Gasteiger partial charge in [-0.3, -0.25) is 4.79 Å². The smallest absolute Gasteiger partial charge is 0.255 e. The number of aromatic nitrogens is 1. The fraction of sp³-hybridized carbons (Fsp3) is 0.167. The zero-order chi connectivity index (χ0) is 13.1. The van der Waals surface area contributed by atoms with Crippen LogP contribution in [-0.4, -0.2) is 10.9 Å². The first-order chi connectivity index (χ1) is 8.58. The molecule has 4 nitrogen and oxygen atoms in total. The van der Waals surface area contributed by atoms with Crippen molar-refractivity contribution in [2.75, 3.05) is 5.73 Å². The number of hydrogen-bond donors (Lipinski definition) is 2. The number of rotatable bonds is 3. The third-order valence-corrected chi connectivity index (χ3v) is 3.87. The number of nitrogens with two attached hydrogens (primary N) is 1. The minimum Gasteiger partial charge on any atom is -0.383 e. The molecule has 0 aliphatic rings. The van der Waals surface area contributed by atoms with Gasteiger partial charge in [-0.2, -0.15) is 0 Å². The maximum absolute atomic E-state index is 12.0. The van der Waals surface area contributed by atoms with E-state index in [-0.39, 0.29) is 17.8 Å². The Labute approximate surface area is 114 Å². The summed E-state index contributed by atoms with van der Waals surface area (Å²) in [6, 6.07) is 6.91. The first kappa shape index (κ1) is 12.9. The molecular formula is C12H12ClN3OS. The van der Waals surface area contributed by atoms with E-state index in [1.54, 1.807) is 18.3 Å². The summed E-state index contributed by atoms with van der Waals surface area (Å²) in [7, 11) is 0. The quantitative estimate of drug-likeness (QED) is 0.909. The molecule has 0 aliphatic carbocycles. The van der Waals surface area contributed by atoms with Crippen LogP contribution in [0.15, 0.2) is 30.5 Å². The third-order valence-electron chi connectivity index (χ3n) is 2.45. The van der Waals surface area contributed by atoms with Crippen molar-refractivity contribution in [3.05, 3.63) is 45.2 Å². The van der Waals surface area contributed by atoms with E-state index in [4.69, 9.17) is 17.3 Å². The van der Waals surface area contributed by atoms with Crippen LogP contribution in [0.1, 0.15) is 28.2 Å². The Morgan fingerprint density at radius 3 is 2.89 bits per heavy atom. The Hall–Kier alpha value is -1.59. The lowest BCUT2D eigenvalue weighted by Crippen LogP contribution is -2.27. The predicted molar refractivity (Wildman–Crippen MR) is 73.9 cm³/mol. The molecule has 1 atom stereocenters. The van der Waals surface area contributed by atoms with Crippen molar-refractivity contribution in [1.29, 1.82) is 0 Å². The van der Waals surface area contributed by atoms with Crippen LogP contribution in [0.25, 0.3) is 0 Å². The molecule has 1 unspecified atom stereocenters. The van der Waals surface area contributed by atoms with Gasteiger partial charge >= 0.3 is 0 Å². The van der Waals surface area contributed by atoms with Crippen LogP contribution in [0.2, 0.25) is 4.34 Å². The molecule has 2 aromatic rings. The maximum Gasteiger partial charge on any atom is 0.255 e. The van der Waals surface area contributed by atoms with Gasteiger partial charge in [0.1, 0.15) is 5.82 Å². The molecule has 6 heteroatoms. The predicted octanol–water partition coefficient (Wildman–Crippen LogP) is 2.87. The van der Waals surface area contributed by atoms with Crippen molar-refractivity contribution in [3.63, 3.8) is 0 Å². The number of thiophene rings is 1. The lowest BCUT2D eigenvalue weighted by molar-refractivity contribution is 0.0941. The van der Waals surface area contributed by atoms with Crippen molar-refractivity contribution in [2.45, 2.75) is 13.0 Å². The topological polar surface area (TPSA) is 68.0 Å². The summed E-state index contributed by atoms with van der Waals surface area (Å²) in [5.74, 6) is -0.0102. The van der Waals surface area contributed by atoms with Crippen molar-refractivity contribution < 1.29 is 4.79 Å². The Kier molecular flexibility index (Phi) is 3.84. The number of halogens is 1. The summed E-state index contributed by atoms with van der Waals surface area (Å²) in [5.41, 5.74) is 6.03. The molecule has 0 saturated heterocycles. The van der Waals surface area contributed by atoms with Gasteiger partial charge in [0.2, 0.25) is 0 Å². The highest BCUT2D eigenvalue weighted by atomic mass is 35.5. The van der Waals surface area contributed by atoms with Gasteiger partial charge in [-0.1, -0.05) is 11.6 Å². The summed E-state index contributed by atoms with van der Waals surface area (Å²) < 4.78 is 0.701. The van der Waals surface area contributed by atoms with Crippen molar-refractivity contribution in [2.24, 2.45) is 0 Å². The Morgan fingerprint density at radius 1 is 1.50 bits per heavy atom. The molecule has 0 saturated carbocycles. The Balaban J connectivity index is 2.10. The van der Waals surface area contributed by atoms with Gasteiger partial charge in [0.15, 0.2) is 0 Å². The number of nitrogens with one attached hydrogen (secondary N) is 1. The molecule has 2 heterocycles. The van der Waals surface area contributed by atoms with Gasteiger partial charge in [-0.15, -0.1) is 11.3 Å². The van der Waals surface area contributed by atoms with Crippen LogP contribution in [0.3, 0.4) is 0 Å². The summed E-state index contributed by atoms with van der Waals surface area (Å²) in [6.45, 7) is 1.90. The van der Waals surface area contributed by atoms with E-state index >= 15 is 0 Å². The van der Waals surface area contributed by atoms with Gasteiger partial charge in [-0.05, 0) is 31.2 Å². The number of nitrogens with zero attached hydrogens (tertiary/aromatic N) is 1. The van der Waals surface area contributed by atoms with Crippen LogP contribution in [0, 0.1) is 0 Å². The molecule has 3 N–H and O–H groups in total. The molecule has 0 radical (unpaired) electrons. The molecule has 0 aromatic carbocycles. The fourth-order valence-corrected chi connectivity index (χ4v) is 2.58. The Morgan fingerprint density at radius 2 is 2.28 bits per heavy atom. The van der Waals surface area contributed by atoms with Crippen LogP contribution in [-0.2, 0) is 0 Å². The first-order valence-electron chi connectivity index (χ1n) is 5.34. The second-order valence-corrected chi connectivity index (χ2v) is 5.52. The van der Waals surface area contributed by atoms with Crippen LogP contribution in [0.4, 0.5) is 5.82 Å². The van der Waals surface area contributed by atoms with Gasteiger partial charge in [-0.25, -0.2) is 4.98 Å². The molecule has 0 fully saturated rings. The summed E-state index contributed by atoms with van der Waals surface area (Å²) in [5, 5.41) is 2.86. The number of carbonyl (C=O) groups excluding carboxylic acids is 1. The van der Waals surface area contributed by atoms with Gasteiger partial charge in [0.25, 0.3) is 5.91 Å². The zero-order valence-electron chi connectivity index (χ0n) is 9.68. The number of hydrogen-bond acceptors (Lipinski definition) is 4. The van der Waals surface area contributed by atoms with E-state index in [1.165, 1.54) is 11.3 Å². The molecule has 2 aromatic heterocycles. The monoisotopic (exact) mass is 281 g/mol. The average Bonchev–Trinajstić information content (AvgIpc) is 2.76. The largest absolute Gasteiger partial charge is 0.383 e. The van der Waals surface area contributed by atoms with Gasteiger partial charge < -0.3 is 11.1 Å². The number of carbonyl (C=O) groups is 1. The van der Waals surface area contributed by atoms with E-state index in [2.05, 4.69) is 10.3 Å². The normalized spacial score (nSPS) is 12.1. The summed E-state index contributed by atoms with van der Waals surface area (Å²) in [6.07, 6.45) is 1.55. The Bertz CT molecular complexity index is 570. The van der Waals surface area contributed by atoms with Crippen LogP contribution < -0.4 is 11.1 Å². The lowest BCUT2D eigenvalue weighted by atomic mass is 10.2. The number of anilines is 1. The number of nitrogen functional groups attached to an aromatic ring is 1. The SMILES string of the molecule is CC(NC(=O)c1cccnc1N)c1ccc(Cl)s1. The van der Waals surface area contributed by atoms with E-state index < -0.39 is 0 Å². The minimum atomic E-state index is -0.238. The first-order valence-corrected chi connectivity index (χ1v) is 6.54. The van der Waals surface area contributed by atoms with Gasteiger partial charge in [0.05, 0.1) is 15.9 Å². The molecule has 2 rings (SSSR count). The molecule has 0 bridgehead atoms. The molecule has 0 spiro atoms. The van der Waals surface area contributed by atoms with E-state index in [0.29, 0.717) is 9.90 Å². The highest BCUT2D eigenvalue weighted by molar-refractivity contribution is 7.16. The highest BCUT2D eigenvalue weighted by Gasteiger charge is 2.15. The number of amides is 1. The van der Waals surface area contributed by atoms with Gasteiger partial charge in [0, 0.05) is 11.1 Å². The lowest BCUT2D eigenvalue weighted by Gasteiger charge is -2.12. The minimum absolute atomic E-state index is 0.116. The molecule has 94 valence electrons. The van der Waals surface area contributed by atoms with Crippen molar-refractivity contribution >= 4 is 34.7 Å². The summed E-state index contributed by atoms with van der Waals surface area (Å²) in [4.78, 5) is 16.9. The molecule has 18 heavy (non-hydrogen) atoms. The van der Waals surface area contributed by atoms with Crippen LogP contribution >= 0.6 is 22.9 Å². The van der Waals surface area contributed by atoms with E-state index in [1.807, 2.05) is 19.1 Å². The number of pyridine rings is 1. The maximum atomic E-state index is 12.0. The third kappa shape index (κ3) is 2.80. The second kappa shape index (κ2) is 5.37. The zero-order valence-corrected chi connectivity index (χ0v) is 11.3. The molecule has 1 amide bonds. The van der Waals surface area contributed by atoms with E-state index in [9.17, 15) is 4.79 Å². The standard InChI is InChI=1S/C12H12ClN3OS/c1-7(9-4-5-10(13)18-9)16-12(17)8-3-2-6-15-11(8)14/h2-7H,1H3,(H2,14,15)(H,16,17). The average molecular weight is 282 g/mol. The van der Waals surface area contributed by atoms with Crippen molar-refractivity contribution in [3.8, 4) is 0 Å².